The molecule has 12 aromatic rings. The molecule has 0 bridgehead atoms. The smallest absolute Gasteiger partial charge is 0.159 e. The number of rotatable bonds is 5. The molecular weight excluding hydrogens is 693 g/mol. The Balaban J connectivity index is 1.07. The van der Waals surface area contributed by atoms with E-state index in [1.807, 2.05) is 0 Å². The van der Waals surface area contributed by atoms with Gasteiger partial charge in [-0.25, -0.2) is 0 Å². The van der Waals surface area contributed by atoms with Gasteiger partial charge in [-0.2, -0.15) is 0 Å². The first-order valence-corrected chi connectivity index (χ1v) is 19.5. The highest BCUT2D eigenvalue weighted by molar-refractivity contribution is 6.19. The van der Waals surface area contributed by atoms with E-state index >= 15 is 0 Å². The van der Waals surface area contributed by atoms with E-state index in [-0.39, 0.29) is 0 Å². The normalized spacial score (nSPS) is 11.9. The van der Waals surface area contributed by atoms with Crippen LogP contribution in [0.5, 0.6) is 0 Å². The van der Waals surface area contributed by atoms with Crippen LogP contribution in [0.3, 0.4) is 0 Å². The highest BCUT2D eigenvalue weighted by Gasteiger charge is 2.23. The van der Waals surface area contributed by atoms with E-state index < -0.39 is 0 Å². The summed E-state index contributed by atoms with van der Waals surface area (Å²) < 4.78 is 9.35. The standard InChI is InChI=1S/C54H34N2O/c1-2-15-39(16-3-1)55-49-23-11-10-21-45(49)48-33-37(28-32-50(48)55)35-25-29-40(30-26-35)56(52-34-38-14-5-6-17-41(38)43-19-8-9-20-44(43)52)51-24-12-22-46-47-31-27-36-13-4-7-18-42(36)53(47)57-54(46)51/h1-34H. The van der Waals surface area contributed by atoms with Gasteiger partial charge in [-0.3, -0.25) is 0 Å². The predicted octanol–water partition coefficient (Wildman–Crippen LogP) is 15.3. The van der Waals surface area contributed by atoms with Crippen molar-refractivity contribution in [1.82, 2.24) is 4.57 Å². The maximum Gasteiger partial charge on any atom is 0.159 e. The van der Waals surface area contributed by atoms with Crippen LogP contribution in [0.2, 0.25) is 0 Å². The molecule has 0 radical (unpaired) electrons. The molecule has 10 aromatic carbocycles. The van der Waals surface area contributed by atoms with Crippen molar-refractivity contribution in [3.8, 4) is 16.8 Å². The molecule has 2 heterocycles. The third-order valence-corrected chi connectivity index (χ3v) is 11.7. The average molecular weight is 727 g/mol. The fourth-order valence-electron chi connectivity index (χ4n) is 9.13. The number of fused-ring (bicyclic) bond motifs is 11. The molecule has 0 saturated heterocycles. The Hall–Kier alpha value is -7.62. The molecule has 2 aromatic heterocycles. The topological polar surface area (TPSA) is 21.3 Å². The first-order valence-electron chi connectivity index (χ1n) is 19.5. The van der Waals surface area contributed by atoms with Gasteiger partial charge in [0, 0.05) is 43.7 Å². The Bertz CT molecular complexity index is 3520. The lowest BCUT2D eigenvalue weighted by Crippen LogP contribution is -2.11. The molecule has 57 heavy (non-hydrogen) atoms. The SMILES string of the molecule is c1ccc(-n2c3ccccc3c3cc(-c4ccc(N(c5cc6ccccc6c6ccccc56)c5cccc6c5oc5c7ccccc7ccc65)cc4)ccc32)cc1. The summed E-state index contributed by atoms with van der Waals surface area (Å²) in [5.74, 6) is 0. The molecule has 0 amide bonds. The summed E-state index contributed by atoms with van der Waals surface area (Å²) in [6.07, 6.45) is 0. The van der Waals surface area contributed by atoms with Gasteiger partial charge in [0.05, 0.1) is 22.4 Å². The highest BCUT2D eigenvalue weighted by atomic mass is 16.3. The van der Waals surface area contributed by atoms with Crippen molar-refractivity contribution in [2.45, 2.75) is 0 Å². The van der Waals surface area contributed by atoms with E-state index in [0.29, 0.717) is 0 Å². The fraction of sp³-hybridized carbons (Fsp3) is 0. The van der Waals surface area contributed by atoms with Gasteiger partial charge >= 0.3 is 0 Å². The number of benzene rings is 10. The monoisotopic (exact) mass is 726 g/mol. The summed E-state index contributed by atoms with van der Waals surface area (Å²) in [4.78, 5) is 2.39. The number of para-hydroxylation sites is 3. The van der Waals surface area contributed by atoms with Gasteiger partial charge in [0.25, 0.3) is 0 Å². The zero-order valence-corrected chi connectivity index (χ0v) is 30.9. The molecule has 0 aliphatic heterocycles. The van der Waals surface area contributed by atoms with Crippen LogP contribution in [0.4, 0.5) is 17.1 Å². The number of aromatic nitrogens is 1. The minimum absolute atomic E-state index is 0.866. The summed E-state index contributed by atoms with van der Waals surface area (Å²) in [6, 6.07) is 74.4. The molecule has 266 valence electrons. The van der Waals surface area contributed by atoms with Gasteiger partial charge in [0.1, 0.15) is 5.58 Å². The van der Waals surface area contributed by atoms with Crippen molar-refractivity contribution in [2.24, 2.45) is 0 Å². The van der Waals surface area contributed by atoms with Crippen molar-refractivity contribution < 1.29 is 4.42 Å². The lowest BCUT2D eigenvalue weighted by molar-refractivity contribution is 0.673. The number of furan rings is 1. The Morgan fingerprint density at radius 2 is 0.965 bits per heavy atom. The van der Waals surface area contributed by atoms with Crippen LogP contribution in [0, 0.1) is 0 Å². The lowest BCUT2D eigenvalue weighted by Gasteiger charge is -2.27. The van der Waals surface area contributed by atoms with Crippen molar-refractivity contribution in [3.05, 3.63) is 206 Å². The van der Waals surface area contributed by atoms with E-state index in [1.54, 1.807) is 0 Å². The highest BCUT2D eigenvalue weighted by Crippen LogP contribution is 2.47. The molecule has 0 spiro atoms. The number of hydrogen-bond donors (Lipinski definition) is 0. The summed E-state index contributed by atoms with van der Waals surface area (Å²) in [5, 5.41) is 11.8. The maximum absolute atomic E-state index is 6.98. The van der Waals surface area contributed by atoms with E-state index in [1.165, 1.54) is 54.3 Å². The third kappa shape index (κ3) is 4.86. The maximum atomic E-state index is 6.98. The lowest BCUT2D eigenvalue weighted by atomic mass is 9.98. The van der Waals surface area contributed by atoms with Crippen molar-refractivity contribution >= 4 is 93.1 Å². The van der Waals surface area contributed by atoms with Crippen LogP contribution >= 0.6 is 0 Å². The van der Waals surface area contributed by atoms with E-state index in [9.17, 15) is 0 Å². The fourth-order valence-corrected chi connectivity index (χ4v) is 9.13. The molecule has 0 unspecified atom stereocenters. The number of nitrogens with zero attached hydrogens (tertiary/aromatic N) is 2. The summed E-state index contributed by atoms with van der Waals surface area (Å²) in [7, 11) is 0. The molecular formula is C54H34N2O. The van der Waals surface area contributed by atoms with Crippen molar-refractivity contribution in [3.63, 3.8) is 0 Å². The zero-order chi connectivity index (χ0) is 37.5. The van der Waals surface area contributed by atoms with Crippen LogP contribution in [0.15, 0.2) is 211 Å². The van der Waals surface area contributed by atoms with Gasteiger partial charge in [-0.1, -0.05) is 146 Å². The van der Waals surface area contributed by atoms with Gasteiger partial charge < -0.3 is 13.9 Å². The molecule has 0 saturated carbocycles. The van der Waals surface area contributed by atoms with Crippen LogP contribution < -0.4 is 4.90 Å². The van der Waals surface area contributed by atoms with E-state index in [4.69, 9.17) is 4.42 Å². The van der Waals surface area contributed by atoms with Crippen LogP contribution in [-0.2, 0) is 0 Å². The molecule has 0 aliphatic rings. The molecule has 3 nitrogen and oxygen atoms in total. The third-order valence-electron chi connectivity index (χ3n) is 11.7. The second kappa shape index (κ2) is 12.5. The average Bonchev–Trinajstić information content (AvgIpc) is 3.84. The summed E-state index contributed by atoms with van der Waals surface area (Å²) in [5.41, 5.74) is 10.8. The summed E-state index contributed by atoms with van der Waals surface area (Å²) >= 11 is 0. The first-order chi connectivity index (χ1) is 28.3. The van der Waals surface area contributed by atoms with Crippen LogP contribution in [0.1, 0.15) is 0 Å². The van der Waals surface area contributed by atoms with Crippen LogP contribution in [0.25, 0.3) is 92.9 Å². The van der Waals surface area contributed by atoms with Gasteiger partial charge in [-0.15, -0.1) is 0 Å². The molecule has 0 fully saturated rings. The van der Waals surface area contributed by atoms with Crippen molar-refractivity contribution in [1.29, 1.82) is 0 Å². The Morgan fingerprint density at radius 3 is 1.81 bits per heavy atom. The van der Waals surface area contributed by atoms with Gasteiger partial charge in [0.2, 0.25) is 0 Å². The number of hydrogen-bond acceptors (Lipinski definition) is 2. The molecule has 0 aliphatic carbocycles. The van der Waals surface area contributed by atoms with E-state index in [2.05, 4.69) is 216 Å². The minimum Gasteiger partial charge on any atom is -0.453 e. The Kier molecular flexibility index (Phi) is 6.93. The second-order valence-electron chi connectivity index (χ2n) is 14.9. The predicted molar refractivity (Wildman–Crippen MR) is 241 cm³/mol. The zero-order valence-electron chi connectivity index (χ0n) is 30.9. The van der Waals surface area contributed by atoms with Gasteiger partial charge in [0.15, 0.2) is 5.58 Å². The first kappa shape index (κ1) is 31.7. The largest absolute Gasteiger partial charge is 0.453 e. The van der Waals surface area contributed by atoms with Crippen LogP contribution in [-0.4, -0.2) is 4.57 Å². The van der Waals surface area contributed by atoms with E-state index in [0.717, 1.165) is 55.6 Å². The molecule has 0 N–H and O–H groups in total. The Labute approximate surface area is 328 Å². The van der Waals surface area contributed by atoms with Crippen molar-refractivity contribution in [2.75, 3.05) is 4.90 Å². The molecule has 0 atom stereocenters. The minimum atomic E-state index is 0.866. The van der Waals surface area contributed by atoms with Gasteiger partial charge in [-0.05, 0) is 93.3 Å². The quantitative estimate of drug-likeness (QED) is 0.165. The summed E-state index contributed by atoms with van der Waals surface area (Å²) in [6.45, 7) is 0. The second-order valence-corrected chi connectivity index (χ2v) is 14.9. The molecule has 3 heteroatoms. The number of anilines is 3. The Morgan fingerprint density at radius 1 is 0.333 bits per heavy atom. The molecule has 12 rings (SSSR count).